The van der Waals surface area contributed by atoms with E-state index < -0.39 is 23.9 Å². The summed E-state index contributed by atoms with van der Waals surface area (Å²) >= 11 is 0. The molecule has 0 bridgehead atoms. The second-order valence-electron chi connectivity index (χ2n) is 7.20. The minimum Gasteiger partial charge on any atom is -1.00 e. The average Bonchev–Trinajstić information content (AvgIpc) is 2.76. The molecule has 1 amide bonds. The molecule has 2 heterocycles. The number of nitrogens with two attached hydrogens (primary N) is 2. The fourth-order valence-electron chi connectivity index (χ4n) is 3.03. The fraction of sp³-hybridized carbons (Fsp3) is 0.250. The van der Waals surface area contributed by atoms with E-state index in [9.17, 15) is 19.5 Å². The SMILES string of the molecule is CN(Cc1cnc2nc(N)nc(N)c2n1)c1ccc(C(=O)NC(CCC(=O)O)C(=O)O)cc1.[H-].[Li+]. The molecule has 0 radical (unpaired) electrons. The van der Waals surface area contributed by atoms with Crippen LogP contribution in [0.5, 0.6) is 0 Å². The molecule has 0 spiro atoms. The van der Waals surface area contributed by atoms with Crippen molar-refractivity contribution >= 4 is 46.5 Å². The Morgan fingerprint density at radius 1 is 1.12 bits per heavy atom. The summed E-state index contributed by atoms with van der Waals surface area (Å²) in [6.45, 7) is 0.370. The minimum atomic E-state index is -1.30. The number of nitrogens with one attached hydrogen (secondary N) is 1. The van der Waals surface area contributed by atoms with Crippen LogP contribution in [0.4, 0.5) is 17.5 Å². The van der Waals surface area contributed by atoms with Gasteiger partial charge < -0.3 is 33.3 Å². The van der Waals surface area contributed by atoms with Crippen molar-refractivity contribution in [2.24, 2.45) is 0 Å². The maximum Gasteiger partial charge on any atom is 1.00 e. The van der Waals surface area contributed by atoms with Gasteiger partial charge >= 0.3 is 30.8 Å². The molecule has 3 aromatic rings. The normalized spacial score (nSPS) is 11.3. The number of fused-ring (bicyclic) bond motifs is 1. The van der Waals surface area contributed by atoms with Crippen LogP contribution in [0.15, 0.2) is 30.5 Å². The first kappa shape index (κ1) is 26.3. The third-order valence-electron chi connectivity index (χ3n) is 4.72. The average molecular weight is 462 g/mol. The summed E-state index contributed by atoms with van der Waals surface area (Å²) in [7, 11) is 1.82. The van der Waals surface area contributed by atoms with Crippen molar-refractivity contribution < 1.29 is 44.9 Å². The molecule has 1 atom stereocenters. The summed E-state index contributed by atoms with van der Waals surface area (Å²) in [6.07, 6.45) is 0.964. The van der Waals surface area contributed by atoms with Crippen LogP contribution in [0.3, 0.4) is 0 Å². The van der Waals surface area contributed by atoms with Crippen LogP contribution in [0.1, 0.15) is 30.3 Å². The van der Waals surface area contributed by atoms with E-state index in [2.05, 4.69) is 25.3 Å². The Morgan fingerprint density at radius 2 is 1.79 bits per heavy atom. The molecule has 0 fully saturated rings. The quantitative estimate of drug-likeness (QED) is 0.207. The van der Waals surface area contributed by atoms with Crippen molar-refractivity contribution in [2.75, 3.05) is 23.4 Å². The second-order valence-corrected chi connectivity index (χ2v) is 7.20. The van der Waals surface area contributed by atoms with E-state index in [1.54, 1.807) is 18.3 Å². The van der Waals surface area contributed by atoms with Gasteiger partial charge in [0.25, 0.3) is 5.91 Å². The zero-order valence-electron chi connectivity index (χ0n) is 19.6. The van der Waals surface area contributed by atoms with Crippen molar-refractivity contribution in [1.29, 1.82) is 0 Å². The molecule has 34 heavy (non-hydrogen) atoms. The van der Waals surface area contributed by atoms with Gasteiger partial charge in [0.1, 0.15) is 6.04 Å². The molecule has 2 aromatic heterocycles. The molecule has 1 unspecified atom stereocenters. The summed E-state index contributed by atoms with van der Waals surface area (Å²) in [5, 5.41) is 20.2. The maximum atomic E-state index is 12.4. The van der Waals surface area contributed by atoms with Crippen molar-refractivity contribution in [3.63, 3.8) is 0 Å². The van der Waals surface area contributed by atoms with Gasteiger partial charge in [-0.3, -0.25) is 9.59 Å². The molecule has 174 valence electrons. The number of anilines is 3. The Labute approximate surface area is 207 Å². The van der Waals surface area contributed by atoms with Gasteiger partial charge in [0.2, 0.25) is 5.95 Å². The fourth-order valence-corrected chi connectivity index (χ4v) is 3.03. The predicted octanol–water partition coefficient (Wildman–Crippen LogP) is -2.62. The summed E-state index contributed by atoms with van der Waals surface area (Å²) < 4.78 is 0. The van der Waals surface area contributed by atoms with Gasteiger partial charge in [0, 0.05) is 24.7 Å². The predicted molar refractivity (Wildman–Crippen MR) is 119 cm³/mol. The van der Waals surface area contributed by atoms with Gasteiger partial charge in [-0.05, 0) is 30.7 Å². The summed E-state index contributed by atoms with van der Waals surface area (Å²) in [4.78, 5) is 52.7. The molecule has 0 aliphatic carbocycles. The monoisotopic (exact) mass is 462 g/mol. The standard InChI is InChI=1S/C20H22N8O5.Li.H/c1-28(9-11-8-23-17-15(24-11)16(21)26-20(22)27-17)12-4-2-10(3-5-12)18(31)25-13(19(32)33)6-7-14(29)30;;/h2-5,8,13H,6-7,9H2,1H3,(H,25,31)(H,29,30)(H,32,33)(H4,21,22,23,26,27);;/q;+1;-1. The number of carbonyl (C=O) groups excluding carboxylic acids is 1. The number of amides is 1. The minimum absolute atomic E-state index is 0. The molecule has 13 nitrogen and oxygen atoms in total. The number of nitrogen functional groups attached to an aromatic ring is 2. The number of hydrogen-bond donors (Lipinski definition) is 5. The van der Waals surface area contributed by atoms with Crippen LogP contribution in [-0.2, 0) is 16.1 Å². The molecule has 0 aliphatic rings. The van der Waals surface area contributed by atoms with Gasteiger partial charge in [0.15, 0.2) is 17.0 Å². The first-order valence-electron chi connectivity index (χ1n) is 9.75. The molecule has 0 aliphatic heterocycles. The van der Waals surface area contributed by atoms with E-state index in [4.69, 9.17) is 16.6 Å². The number of carboxylic acid groups (broad SMARTS) is 2. The van der Waals surface area contributed by atoms with E-state index in [0.717, 1.165) is 5.69 Å². The third kappa shape index (κ3) is 6.53. The van der Waals surface area contributed by atoms with Gasteiger partial charge in [-0.2, -0.15) is 9.97 Å². The van der Waals surface area contributed by atoms with E-state index in [1.807, 2.05) is 11.9 Å². The van der Waals surface area contributed by atoms with Crippen LogP contribution >= 0.6 is 0 Å². The van der Waals surface area contributed by atoms with E-state index in [0.29, 0.717) is 23.4 Å². The van der Waals surface area contributed by atoms with Crippen LogP contribution in [0.2, 0.25) is 0 Å². The van der Waals surface area contributed by atoms with Crippen LogP contribution in [0, 0.1) is 0 Å². The van der Waals surface area contributed by atoms with Crippen molar-refractivity contribution in [3.05, 3.63) is 41.7 Å². The largest absolute Gasteiger partial charge is 1.00 e. The molecular weight excluding hydrogens is 439 g/mol. The molecular formula is C20H23LiN8O5. The zero-order chi connectivity index (χ0) is 24.1. The van der Waals surface area contributed by atoms with Crippen molar-refractivity contribution in [3.8, 4) is 0 Å². The molecule has 14 heteroatoms. The van der Waals surface area contributed by atoms with Crippen molar-refractivity contribution in [2.45, 2.75) is 25.4 Å². The number of aromatic nitrogens is 4. The maximum absolute atomic E-state index is 12.4. The Balaban J connectivity index is 0.00000306. The molecule has 7 N–H and O–H groups in total. The third-order valence-corrected chi connectivity index (χ3v) is 4.72. The number of rotatable bonds is 9. The first-order valence-corrected chi connectivity index (χ1v) is 9.75. The number of hydrogen-bond acceptors (Lipinski definition) is 10. The zero-order valence-corrected chi connectivity index (χ0v) is 18.6. The van der Waals surface area contributed by atoms with E-state index in [1.165, 1.54) is 12.1 Å². The molecule has 0 saturated carbocycles. The Morgan fingerprint density at radius 3 is 2.41 bits per heavy atom. The summed E-state index contributed by atoms with van der Waals surface area (Å²) in [6, 6.07) is 5.16. The van der Waals surface area contributed by atoms with Gasteiger partial charge in [0.05, 0.1) is 18.4 Å². The topological polar surface area (TPSA) is 211 Å². The smallest absolute Gasteiger partial charge is 1.00 e. The summed E-state index contributed by atoms with van der Waals surface area (Å²) in [5.74, 6) is -2.91. The summed E-state index contributed by atoms with van der Waals surface area (Å²) in [5.41, 5.74) is 13.7. The number of benzene rings is 1. The number of carboxylic acids is 2. The van der Waals surface area contributed by atoms with Gasteiger partial charge in [-0.15, -0.1) is 0 Å². The Hall–Kier alpha value is -3.95. The first-order chi connectivity index (χ1) is 15.6. The van der Waals surface area contributed by atoms with Gasteiger partial charge in [-0.25, -0.2) is 14.8 Å². The van der Waals surface area contributed by atoms with Crippen LogP contribution < -0.4 is 40.5 Å². The van der Waals surface area contributed by atoms with Crippen molar-refractivity contribution in [1.82, 2.24) is 25.3 Å². The number of aliphatic carboxylic acids is 2. The Bertz CT molecular complexity index is 1210. The van der Waals surface area contributed by atoms with Gasteiger partial charge in [-0.1, -0.05) is 0 Å². The van der Waals surface area contributed by atoms with Crippen LogP contribution in [0.25, 0.3) is 11.2 Å². The molecule has 0 saturated heterocycles. The number of carbonyl (C=O) groups is 3. The van der Waals surface area contributed by atoms with E-state index in [-0.39, 0.29) is 50.5 Å². The number of nitrogens with zero attached hydrogens (tertiary/aromatic N) is 5. The van der Waals surface area contributed by atoms with E-state index >= 15 is 0 Å². The Kier molecular flexibility index (Phi) is 8.71. The molecule has 1 aromatic carbocycles. The van der Waals surface area contributed by atoms with Crippen LogP contribution in [-0.4, -0.2) is 61.1 Å². The molecule has 3 rings (SSSR count). The second kappa shape index (κ2) is 11.3.